The highest BCUT2D eigenvalue weighted by atomic mass is 32.1. The summed E-state index contributed by atoms with van der Waals surface area (Å²) in [6.07, 6.45) is 0.412. The monoisotopic (exact) mass is 250 g/mol. The molecule has 1 amide bonds. The van der Waals surface area contributed by atoms with Gasteiger partial charge in [0.2, 0.25) is 5.91 Å². The number of thiazole rings is 1. The molecule has 2 aromatic rings. The van der Waals surface area contributed by atoms with Crippen LogP contribution < -0.4 is 5.32 Å². The molecular weight excluding hydrogens is 239 g/mol. The van der Waals surface area contributed by atoms with Gasteiger partial charge in [-0.15, -0.1) is 11.3 Å². The van der Waals surface area contributed by atoms with Crippen LogP contribution in [-0.4, -0.2) is 10.9 Å². The van der Waals surface area contributed by atoms with Crippen LogP contribution in [0.25, 0.3) is 11.3 Å². The van der Waals surface area contributed by atoms with Crippen molar-refractivity contribution in [3.63, 3.8) is 0 Å². The topological polar surface area (TPSA) is 42.0 Å². The average Bonchev–Trinajstić information content (AvgIpc) is 2.77. The largest absolute Gasteiger partial charge is 0.302 e. The summed E-state index contributed by atoms with van der Waals surface area (Å²) in [4.78, 5) is 15.4. The van der Waals surface area contributed by atoms with E-state index in [2.05, 4.69) is 10.3 Å². The Morgan fingerprint density at radius 1 is 1.53 bits per heavy atom. The van der Waals surface area contributed by atoms with E-state index in [9.17, 15) is 9.18 Å². The Labute approximate surface area is 102 Å². The van der Waals surface area contributed by atoms with Crippen LogP contribution >= 0.6 is 11.3 Å². The first-order valence-electron chi connectivity index (χ1n) is 5.20. The van der Waals surface area contributed by atoms with Gasteiger partial charge in [-0.3, -0.25) is 4.79 Å². The van der Waals surface area contributed by atoms with E-state index in [0.717, 1.165) is 0 Å². The lowest BCUT2D eigenvalue weighted by atomic mass is 10.2. The Bertz CT molecular complexity index is 539. The molecule has 3 nitrogen and oxygen atoms in total. The third-order valence-electron chi connectivity index (χ3n) is 2.19. The van der Waals surface area contributed by atoms with Gasteiger partial charge in [0, 0.05) is 17.4 Å². The third kappa shape index (κ3) is 2.88. The minimum Gasteiger partial charge on any atom is -0.302 e. The second-order valence-corrected chi connectivity index (χ2v) is 4.31. The zero-order valence-electron chi connectivity index (χ0n) is 9.24. The summed E-state index contributed by atoms with van der Waals surface area (Å²) < 4.78 is 13.0. The normalized spacial score (nSPS) is 10.2. The number of amides is 1. The molecule has 0 aliphatic carbocycles. The molecular formula is C12H11FN2OS. The molecule has 88 valence electrons. The maximum absolute atomic E-state index is 13.0. The molecule has 1 N–H and O–H groups in total. The molecule has 0 aliphatic heterocycles. The highest BCUT2D eigenvalue weighted by molar-refractivity contribution is 7.14. The van der Waals surface area contributed by atoms with E-state index in [0.29, 0.717) is 22.8 Å². The van der Waals surface area contributed by atoms with Crippen molar-refractivity contribution in [2.75, 3.05) is 5.32 Å². The molecule has 0 spiro atoms. The number of rotatable bonds is 3. The van der Waals surface area contributed by atoms with E-state index in [1.54, 1.807) is 24.4 Å². The molecule has 0 saturated carbocycles. The molecule has 0 radical (unpaired) electrons. The zero-order chi connectivity index (χ0) is 12.3. The standard InChI is InChI=1S/C12H11FN2OS/c1-2-11(16)15-12-14-10(7-17-12)8-4-3-5-9(13)6-8/h3-7H,2H2,1H3,(H,14,15,16). The predicted octanol–water partition coefficient (Wildman–Crippen LogP) is 3.30. The number of carbonyl (C=O) groups excluding carboxylic acids is 1. The number of hydrogen-bond donors (Lipinski definition) is 1. The fourth-order valence-electron chi connectivity index (χ4n) is 1.32. The summed E-state index contributed by atoms with van der Waals surface area (Å²) in [7, 11) is 0. The maximum Gasteiger partial charge on any atom is 0.225 e. The summed E-state index contributed by atoms with van der Waals surface area (Å²) in [5.74, 6) is -0.375. The molecule has 0 atom stereocenters. The van der Waals surface area contributed by atoms with Crippen LogP contribution in [0.3, 0.4) is 0 Å². The molecule has 2 rings (SSSR count). The molecule has 1 aromatic carbocycles. The number of aromatic nitrogens is 1. The van der Waals surface area contributed by atoms with Crippen LogP contribution in [-0.2, 0) is 4.79 Å². The summed E-state index contributed by atoms with van der Waals surface area (Å²) in [6.45, 7) is 1.77. The molecule has 0 bridgehead atoms. The lowest BCUT2D eigenvalue weighted by Gasteiger charge is -1.97. The van der Waals surface area contributed by atoms with Crippen molar-refractivity contribution in [2.45, 2.75) is 13.3 Å². The highest BCUT2D eigenvalue weighted by Gasteiger charge is 2.07. The second-order valence-electron chi connectivity index (χ2n) is 3.45. The number of halogens is 1. The quantitative estimate of drug-likeness (QED) is 0.908. The lowest BCUT2D eigenvalue weighted by molar-refractivity contribution is -0.115. The zero-order valence-corrected chi connectivity index (χ0v) is 10.1. The van der Waals surface area contributed by atoms with Crippen molar-refractivity contribution in [1.29, 1.82) is 0 Å². The molecule has 0 fully saturated rings. The van der Waals surface area contributed by atoms with Crippen molar-refractivity contribution in [2.24, 2.45) is 0 Å². The Morgan fingerprint density at radius 3 is 3.06 bits per heavy atom. The van der Waals surface area contributed by atoms with E-state index in [1.807, 2.05) is 0 Å². The van der Waals surface area contributed by atoms with Gasteiger partial charge in [0.25, 0.3) is 0 Å². The van der Waals surface area contributed by atoms with Crippen LogP contribution in [0, 0.1) is 5.82 Å². The molecule has 0 unspecified atom stereocenters. The number of anilines is 1. The fourth-order valence-corrected chi connectivity index (χ4v) is 2.06. The van der Waals surface area contributed by atoms with Crippen molar-refractivity contribution in [3.05, 3.63) is 35.5 Å². The Hall–Kier alpha value is -1.75. The van der Waals surface area contributed by atoms with Crippen LogP contribution in [0.2, 0.25) is 0 Å². The van der Waals surface area contributed by atoms with Crippen molar-refractivity contribution in [3.8, 4) is 11.3 Å². The number of carbonyl (C=O) groups is 1. The minimum atomic E-state index is -0.297. The van der Waals surface area contributed by atoms with E-state index >= 15 is 0 Å². The molecule has 5 heteroatoms. The lowest BCUT2D eigenvalue weighted by Crippen LogP contribution is -2.08. The highest BCUT2D eigenvalue weighted by Crippen LogP contribution is 2.25. The van der Waals surface area contributed by atoms with Crippen LogP contribution in [0.5, 0.6) is 0 Å². The van der Waals surface area contributed by atoms with Crippen molar-refractivity contribution in [1.82, 2.24) is 4.98 Å². The van der Waals surface area contributed by atoms with E-state index < -0.39 is 0 Å². The number of nitrogens with zero attached hydrogens (tertiary/aromatic N) is 1. The summed E-state index contributed by atoms with van der Waals surface area (Å²) in [5.41, 5.74) is 1.37. The molecule has 0 aliphatic rings. The SMILES string of the molecule is CCC(=O)Nc1nc(-c2cccc(F)c2)cs1. The minimum absolute atomic E-state index is 0.0786. The van der Waals surface area contributed by atoms with Crippen molar-refractivity contribution < 1.29 is 9.18 Å². The Balaban J connectivity index is 2.21. The first-order chi connectivity index (χ1) is 8.19. The maximum atomic E-state index is 13.0. The van der Waals surface area contributed by atoms with E-state index in [4.69, 9.17) is 0 Å². The molecule has 1 aromatic heterocycles. The van der Waals surface area contributed by atoms with E-state index in [1.165, 1.54) is 23.5 Å². The van der Waals surface area contributed by atoms with Gasteiger partial charge in [0.05, 0.1) is 5.69 Å². The summed E-state index contributed by atoms with van der Waals surface area (Å²) >= 11 is 1.33. The van der Waals surface area contributed by atoms with Gasteiger partial charge < -0.3 is 5.32 Å². The molecule has 1 heterocycles. The smallest absolute Gasteiger partial charge is 0.225 e. The van der Waals surface area contributed by atoms with Gasteiger partial charge in [0.15, 0.2) is 5.13 Å². The number of nitrogens with one attached hydrogen (secondary N) is 1. The first kappa shape index (κ1) is 11.7. The van der Waals surface area contributed by atoms with Gasteiger partial charge in [-0.1, -0.05) is 19.1 Å². The molecule has 17 heavy (non-hydrogen) atoms. The average molecular weight is 250 g/mol. The van der Waals surface area contributed by atoms with E-state index in [-0.39, 0.29) is 11.7 Å². The van der Waals surface area contributed by atoms with Gasteiger partial charge in [-0.25, -0.2) is 9.37 Å². The van der Waals surface area contributed by atoms with Gasteiger partial charge in [-0.2, -0.15) is 0 Å². The molecule has 0 saturated heterocycles. The van der Waals surface area contributed by atoms with Crippen LogP contribution in [0.1, 0.15) is 13.3 Å². The Kier molecular flexibility index (Phi) is 3.49. The number of hydrogen-bond acceptors (Lipinski definition) is 3. The van der Waals surface area contributed by atoms with Gasteiger partial charge in [0.1, 0.15) is 5.82 Å². The van der Waals surface area contributed by atoms with Gasteiger partial charge >= 0.3 is 0 Å². The van der Waals surface area contributed by atoms with Crippen LogP contribution in [0.4, 0.5) is 9.52 Å². The second kappa shape index (κ2) is 5.05. The number of benzene rings is 1. The fraction of sp³-hybridized carbons (Fsp3) is 0.167. The van der Waals surface area contributed by atoms with Crippen molar-refractivity contribution >= 4 is 22.4 Å². The summed E-state index contributed by atoms with van der Waals surface area (Å²) in [5, 5.41) is 5.00. The first-order valence-corrected chi connectivity index (χ1v) is 6.08. The predicted molar refractivity (Wildman–Crippen MR) is 66.4 cm³/mol. The van der Waals surface area contributed by atoms with Crippen LogP contribution in [0.15, 0.2) is 29.6 Å². The summed E-state index contributed by atoms with van der Waals surface area (Å²) in [6, 6.07) is 6.22. The van der Waals surface area contributed by atoms with Gasteiger partial charge in [-0.05, 0) is 12.1 Å². The Morgan fingerprint density at radius 2 is 2.35 bits per heavy atom. The third-order valence-corrected chi connectivity index (χ3v) is 2.95.